The van der Waals surface area contributed by atoms with Crippen LogP contribution in [0.4, 0.5) is 0 Å². The summed E-state index contributed by atoms with van der Waals surface area (Å²) in [6, 6.07) is 16.7. The Morgan fingerprint density at radius 2 is 1.78 bits per heavy atom. The molecule has 2 aromatic heterocycles. The molecule has 0 unspecified atom stereocenters. The van der Waals surface area contributed by atoms with Crippen molar-refractivity contribution in [1.82, 2.24) is 9.30 Å². The summed E-state index contributed by atoms with van der Waals surface area (Å²) in [7, 11) is 1.58. The molecular formula is C35H38N2O8S. The van der Waals surface area contributed by atoms with E-state index in [0.29, 0.717) is 51.8 Å². The van der Waals surface area contributed by atoms with E-state index in [2.05, 4.69) is 11.8 Å². The lowest BCUT2D eigenvalue weighted by Gasteiger charge is -2.29. The monoisotopic (exact) mass is 646 g/mol. The number of aromatic nitrogens is 2. The van der Waals surface area contributed by atoms with Gasteiger partial charge in [-0.15, -0.1) is 17.3 Å². The molecule has 0 spiro atoms. The van der Waals surface area contributed by atoms with E-state index in [4.69, 9.17) is 23.8 Å². The molecule has 1 atom stereocenters. The minimum Gasteiger partial charge on any atom is -0.496 e. The van der Waals surface area contributed by atoms with Crippen molar-refractivity contribution in [2.45, 2.75) is 71.5 Å². The summed E-state index contributed by atoms with van der Waals surface area (Å²) in [6.07, 6.45) is 0.665. The number of ether oxygens (including phenoxy) is 4. The smallest absolute Gasteiger partial charge is 0.365 e. The van der Waals surface area contributed by atoms with Crippen molar-refractivity contribution in [3.63, 3.8) is 0 Å². The van der Waals surface area contributed by atoms with Gasteiger partial charge in [-0.2, -0.15) is 0 Å². The van der Waals surface area contributed by atoms with Crippen LogP contribution in [0.3, 0.4) is 0 Å². The van der Waals surface area contributed by atoms with Crippen LogP contribution in [0.5, 0.6) is 5.75 Å². The summed E-state index contributed by atoms with van der Waals surface area (Å²) in [5.41, 5.74) is -0.958. The first kappa shape index (κ1) is 33.0. The van der Waals surface area contributed by atoms with Gasteiger partial charge in [0.2, 0.25) is 5.60 Å². The molecule has 0 radical (unpaired) electrons. The van der Waals surface area contributed by atoms with Crippen molar-refractivity contribution >= 4 is 27.5 Å². The number of hydrogen-bond acceptors (Lipinski definition) is 9. The molecule has 0 aliphatic carbocycles. The average Bonchev–Trinajstić information content (AvgIpc) is 3.39. The predicted octanol–water partition coefficient (Wildman–Crippen LogP) is 4.80. The first-order chi connectivity index (χ1) is 22.1. The van der Waals surface area contributed by atoms with Gasteiger partial charge in [0, 0.05) is 18.8 Å². The largest absolute Gasteiger partial charge is 0.496 e. The van der Waals surface area contributed by atoms with Gasteiger partial charge >= 0.3 is 11.7 Å². The molecule has 1 aliphatic rings. The van der Waals surface area contributed by atoms with Crippen LogP contribution in [0.1, 0.15) is 61.3 Å². The first-order valence-corrected chi connectivity index (χ1v) is 15.9. The number of nitrogens with zero attached hydrogens (tertiary/aromatic N) is 2. The van der Waals surface area contributed by atoms with Crippen molar-refractivity contribution in [3.8, 4) is 17.6 Å². The molecule has 46 heavy (non-hydrogen) atoms. The number of hydrogen-bond donors (Lipinski definition) is 0. The quantitative estimate of drug-likeness (QED) is 0.169. The van der Waals surface area contributed by atoms with Crippen LogP contribution in [-0.2, 0) is 32.2 Å². The lowest BCUT2D eigenvalue weighted by molar-refractivity contribution is -0.171. The molecule has 0 N–H and O–H groups in total. The van der Waals surface area contributed by atoms with Crippen LogP contribution < -0.4 is 20.8 Å². The van der Waals surface area contributed by atoms with Crippen LogP contribution in [0.2, 0.25) is 0 Å². The Balaban J connectivity index is 1.59. The number of carbonyl (C=O) groups excluding carboxylic acids is 1. The summed E-state index contributed by atoms with van der Waals surface area (Å²) in [5.74, 6) is 5.81. The molecular weight excluding hydrogens is 608 g/mol. The predicted molar refractivity (Wildman–Crippen MR) is 175 cm³/mol. The number of thiophene rings is 1. The van der Waals surface area contributed by atoms with Crippen molar-refractivity contribution in [2.75, 3.05) is 20.3 Å². The minimum atomic E-state index is -1.68. The molecule has 1 saturated heterocycles. The van der Waals surface area contributed by atoms with Crippen LogP contribution in [0.25, 0.3) is 10.2 Å². The molecule has 2 aromatic carbocycles. The number of fused-ring (bicyclic) bond motifs is 1. The Hall–Kier alpha value is -4.37. The van der Waals surface area contributed by atoms with Crippen molar-refractivity contribution in [2.24, 2.45) is 0 Å². The zero-order valence-electron chi connectivity index (χ0n) is 26.7. The van der Waals surface area contributed by atoms with Gasteiger partial charge in [0.15, 0.2) is 0 Å². The van der Waals surface area contributed by atoms with E-state index >= 15 is 0 Å². The summed E-state index contributed by atoms with van der Waals surface area (Å²) < 4.78 is 25.5. The van der Waals surface area contributed by atoms with Gasteiger partial charge in [0.1, 0.15) is 23.3 Å². The third kappa shape index (κ3) is 7.04. The highest BCUT2D eigenvalue weighted by molar-refractivity contribution is 7.19. The SMILES string of the molecule is CC#Cc1sc2c(c1C)c(=O)n(OC(C)(C)C(=O)OCc1ccccc1)c(=O)n2C[C@H](OC1CCOCC1)c1ccccc1OC. The second-order valence-corrected chi connectivity index (χ2v) is 12.4. The second-order valence-electron chi connectivity index (χ2n) is 11.4. The molecule has 3 heterocycles. The molecule has 11 heteroatoms. The average molecular weight is 647 g/mol. The summed E-state index contributed by atoms with van der Waals surface area (Å²) in [5, 5.41) is 0.278. The second kappa shape index (κ2) is 14.4. The normalized spacial score (nSPS) is 14.4. The fourth-order valence-corrected chi connectivity index (χ4v) is 6.53. The highest BCUT2D eigenvalue weighted by Crippen LogP contribution is 2.34. The van der Waals surface area contributed by atoms with Gasteiger partial charge in [-0.05, 0) is 57.7 Å². The van der Waals surface area contributed by atoms with Crippen LogP contribution in [-0.4, -0.2) is 47.3 Å². The molecule has 0 bridgehead atoms. The molecule has 10 nitrogen and oxygen atoms in total. The van der Waals surface area contributed by atoms with Crippen LogP contribution in [0.15, 0.2) is 64.2 Å². The Labute approximate surface area is 271 Å². The molecule has 4 aromatic rings. The number of methoxy groups -OCH3 is 1. The maximum atomic E-state index is 14.3. The van der Waals surface area contributed by atoms with Crippen LogP contribution >= 0.6 is 11.3 Å². The van der Waals surface area contributed by atoms with E-state index in [9.17, 15) is 14.4 Å². The maximum Gasteiger partial charge on any atom is 0.365 e. The van der Waals surface area contributed by atoms with Gasteiger partial charge in [0.05, 0.1) is 30.0 Å². The molecule has 0 saturated carbocycles. The minimum absolute atomic E-state index is 0.0114. The molecule has 1 fully saturated rings. The van der Waals surface area contributed by atoms with Gasteiger partial charge in [-0.3, -0.25) is 9.36 Å². The molecule has 0 amide bonds. The number of para-hydroxylation sites is 1. The van der Waals surface area contributed by atoms with Crippen LogP contribution in [0, 0.1) is 18.8 Å². The van der Waals surface area contributed by atoms with E-state index in [0.717, 1.165) is 11.1 Å². The summed E-state index contributed by atoms with van der Waals surface area (Å²) in [4.78, 5) is 48.5. The number of benzene rings is 2. The van der Waals surface area contributed by atoms with E-state index in [-0.39, 0.29) is 24.6 Å². The fraction of sp³-hybridized carbons (Fsp3) is 0.400. The van der Waals surface area contributed by atoms with Gasteiger partial charge in [-0.25, -0.2) is 9.59 Å². The van der Waals surface area contributed by atoms with E-state index < -0.39 is 28.9 Å². The number of carbonyl (C=O) groups is 1. The summed E-state index contributed by atoms with van der Waals surface area (Å²) in [6.45, 7) is 7.61. The van der Waals surface area contributed by atoms with E-state index in [1.54, 1.807) is 21.0 Å². The van der Waals surface area contributed by atoms with Crippen molar-refractivity contribution in [3.05, 3.63) is 97.0 Å². The fourth-order valence-electron chi connectivity index (χ4n) is 5.32. The highest BCUT2D eigenvalue weighted by Gasteiger charge is 2.36. The zero-order valence-corrected chi connectivity index (χ0v) is 27.5. The van der Waals surface area contributed by atoms with E-state index in [1.165, 1.54) is 29.8 Å². The lowest BCUT2D eigenvalue weighted by Crippen LogP contribution is -2.53. The standard InChI is InChI=1S/C35H38N2O8S/c1-6-12-29-23(2)30-31(38)37(45-35(3,4)33(39)43-22-24-13-8-7-9-14-24)34(40)36(32(30)46-29)21-28(44-25-17-19-42-20-18-25)26-15-10-11-16-27(26)41-5/h7-11,13-16,25,28H,17-22H2,1-5H3/t28-/m0/s1. The van der Waals surface area contributed by atoms with E-state index in [1.807, 2.05) is 54.6 Å². The summed E-state index contributed by atoms with van der Waals surface area (Å²) >= 11 is 1.26. The first-order valence-electron chi connectivity index (χ1n) is 15.1. The Kier molecular flexibility index (Phi) is 10.3. The molecule has 242 valence electrons. The Morgan fingerprint density at radius 1 is 1.09 bits per heavy atom. The van der Waals surface area contributed by atoms with Gasteiger partial charge < -0.3 is 23.8 Å². The molecule has 5 rings (SSSR count). The molecule has 1 aliphatic heterocycles. The third-order valence-electron chi connectivity index (χ3n) is 7.80. The number of rotatable bonds is 11. The van der Waals surface area contributed by atoms with Crippen molar-refractivity contribution in [1.29, 1.82) is 0 Å². The number of esters is 1. The zero-order chi connectivity index (χ0) is 32.8. The third-order valence-corrected chi connectivity index (χ3v) is 9.03. The topological polar surface area (TPSA) is 107 Å². The Bertz CT molecular complexity index is 1870. The van der Waals surface area contributed by atoms with Gasteiger partial charge in [0.25, 0.3) is 5.56 Å². The Morgan fingerprint density at radius 3 is 2.48 bits per heavy atom. The van der Waals surface area contributed by atoms with Gasteiger partial charge in [-0.1, -0.05) is 59.2 Å². The van der Waals surface area contributed by atoms with Crippen molar-refractivity contribution < 1.29 is 28.6 Å². The lowest BCUT2D eigenvalue weighted by atomic mass is 10.1. The number of aryl methyl sites for hydroxylation is 1. The maximum absolute atomic E-state index is 14.3. The highest BCUT2D eigenvalue weighted by atomic mass is 32.1.